The number of benzene rings is 1. The molecule has 0 aliphatic carbocycles. The highest BCUT2D eigenvalue weighted by Crippen LogP contribution is 2.31. The van der Waals surface area contributed by atoms with Crippen LogP contribution in [0, 0.1) is 6.92 Å². The van der Waals surface area contributed by atoms with Crippen molar-refractivity contribution in [3.05, 3.63) is 51.7 Å². The van der Waals surface area contributed by atoms with Gasteiger partial charge >= 0.3 is 0 Å². The monoisotopic (exact) mass is 357 g/mol. The van der Waals surface area contributed by atoms with Crippen LogP contribution in [0.3, 0.4) is 0 Å². The Morgan fingerprint density at radius 3 is 2.58 bits per heavy atom. The summed E-state index contributed by atoms with van der Waals surface area (Å²) in [5, 5.41) is 5.97. The van der Waals surface area contributed by atoms with Crippen molar-refractivity contribution in [2.24, 2.45) is 0 Å². The molecule has 24 heavy (non-hydrogen) atoms. The summed E-state index contributed by atoms with van der Waals surface area (Å²) >= 11 is 3.23. The fraction of sp³-hybridized carbons (Fsp3) is 0.222. The maximum Gasteiger partial charge on any atom is 0.229 e. The van der Waals surface area contributed by atoms with Crippen molar-refractivity contribution in [2.75, 3.05) is 24.3 Å². The molecule has 6 heteroatoms. The smallest absolute Gasteiger partial charge is 0.229 e. The molecule has 1 aromatic carbocycles. The van der Waals surface area contributed by atoms with E-state index in [4.69, 9.17) is 0 Å². The average molecular weight is 358 g/mol. The number of amides is 1. The van der Waals surface area contributed by atoms with E-state index in [9.17, 15) is 4.79 Å². The van der Waals surface area contributed by atoms with Crippen LogP contribution in [0.1, 0.15) is 9.88 Å². The first-order chi connectivity index (χ1) is 11.5. The molecule has 4 nitrogen and oxygen atoms in total. The van der Waals surface area contributed by atoms with Gasteiger partial charge < -0.3 is 10.2 Å². The predicted molar refractivity (Wildman–Crippen MR) is 103 cm³/mol. The minimum absolute atomic E-state index is 0.0194. The Balaban J connectivity index is 1.71. The van der Waals surface area contributed by atoms with Crippen LogP contribution in [0.15, 0.2) is 41.8 Å². The summed E-state index contributed by atoms with van der Waals surface area (Å²) in [6.45, 7) is 1.98. The number of thiophene rings is 1. The number of aromatic nitrogens is 1. The molecule has 0 saturated carbocycles. The summed E-state index contributed by atoms with van der Waals surface area (Å²) in [4.78, 5) is 21.1. The van der Waals surface area contributed by atoms with Gasteiger partial charge in [-0.1, -0.05) is 6.07 Å². The van der Waals surface area contributed by atoms with Crippen molar-refractivity contribution in [1.29, 1.82) is 0 Å². The minimum Gasteiger partial charge on any atom is -0.378 e. The van der Waals surface area contributed by atoms with Crippen molar-refractivity contribution in [1.82, 2.24) is 4.98 Å². The molecule has 124 valence electrons. The Morgan fingerprint density at radius 1 is 1.21 bits per heavy atom. The van der Waals surface area contributed by atoms with E-state index < -0.39 is 0 Å². The molecule has 0 spiro atoms. The molecular weight excluding hydrogens is 338 g/mol. The molecule has 1 N–H and O–H groups in total. The van der Waals surface area contributed by atoms with Crippen molar-refractivity contribution in [3.8, 4) is 10.6 Å². The second kappa shape index (κ2) is 7.15. The number of thiazole rings is 1. The molecule has 0 atom stereocenters. The highest BCUT2D eigenvalue weighted by Gasteiger charge is 2.15. The van der Waals surface area contributed by atoms with E-state index in [1.165, 1.54) is 0 Å². The van der Waals surface area contributed by atoms with Gasteiger partial charge in [0.25, 0.3) is 0 Å². The highest BCUT2D eigenvalue weighted by molar-refractivity contribution is 7.15. The first kappa shape index (κ1) is 16.7. The van der Waals surface area contributed by atoms with Gasteiger partial charge in [-0.2, -0.15) is 0 Å². The zero-order valence-electron chi connectivity index (χ0n) is 13.9. The lowest BCUT2D eigenvalue weighted by Crippen LogP contribution is -2.14. The van der Waals surface area contributed by atoms with Crippen LogP contribution in [0.4, 0.5) is 11.4 Å². The van der Waals surface area contributed by atoms with Crippen LogP contribution < -0.4 is 10.2 Å². The normalized spacial score (nSPS) is 10.6. The van der Waals surface area contributed by atoms with E-state index in [0.29, 0.717) is 6.42 Å². The summed E-state index contributed by atoms with van der Waals surface area (Å²) in [6.07, 6.45) is 0.341. The lowest BCUT2D eigenvalue weighted by Gasteiger charge is -2.13. The zero-order valence-corrected chi connectivity index (χ0v) is 15.5. The summed E-state index contributed by atoms with van der Waals surface area (Å²) in [6, 6.07) is 11.9. The Hall–Kier alpha value is -2.18. The number of anilines is 2. The predicted octanol–water partition coefficient (Wildman–Crippen LogP) is 4.43. The highest BCUT2D eigenvalue weighted by atomic mass is 32.1. The lowest BCUT2D eigenvalue weighted by atomic mass is 10.2. The van der Waals surface area contributed by atoms with Crippen LogP contribution in [-0.4, -0.2) is 25.0 Å². The van der Waals surface area contributed by atoms with Crippen LogP contribution in [-0.2, 0) is 11.2 Å². The molecule has 1 amide bonds. The summed E-state index contributed by atoms with van der Waals surface area (Å²) in [5.41, 5.74) is 2.85. The fourth-order valence-electron chi connectivity index (χ4n) is 2.39. The second-order valence-electron chi connectivity index (χ2n) is 5.65. The number of hydrogen-bond donors (Lipinski definition) is 1. The molecular formula is C18H19N3OS2. The average Bonchev–Trinajstić information content (AvgIpc) is 3.17. The molecule has 0 radical (unpaired) electrons. The van der Waals surface area contributed by atoms with Gasteiger partial charge in [-0.3, -0.25) is 4.79 Å². The van der Waals surface area contributed by atoms with Gasteiger partial charge in [-0.15, -0.1) is 22.7 Å². The molecule has 3 aromatic rings. The molecule has 0 aliphatic heterocycles. The standard InChI is InChI=1S/C18H19N3OS2/c1-12-19-18(15-5-4-10-23-15)16(24-12)11-17(22)20-13-6-8-14(9-7-13)21(2)3/h4-10H,11H2,1-3H3,(H,20,22). The van der Waals surface area contributed by atoms with Crippen molar-refractivity contribution in [2.45, 2.75) is 13.3 Å². The number of rotatable bonds is 5. The van der Waals surface area contributed by atoms with Gasteiger partial charge in [-0.05, 0) is 42.6 Å². The molecule has 0 saturated heterocycles. The molecule has 0 aliphatic rings. The van der Waals surface area contributed by atoms with Gasteiger partial charge in [-0.25, -0.2) is 4.98 Å². The summed E-state index contributed by atoms with van der Waals surface area (Å²) in [7, 11) is 3.98. The number of aryl methyl sites for hydroxylation is 1. The van der Waals surface area contributed by atoms with E-state index in [1.807, 2.05) is 67.7 Å². The maximum absolute atomic E-state index is 12.4. The Bertz CT molecular complexity index is 821. The minimum atomic E-state index is -0.0194. The van der Waals surface area contributed by atoms with E-state index in [-0.39, 0.29) is 5.91 Å². The van der Waals surface area contributed by atoms with Gasteiger partial charge in [0.05, 0.1) is 22.0 Å². The first-order valence-electron chi connectivity index (χ1n) is 7.60. The topological polar surface area (TPSA) is 45.2 Å². The molecule has 0 fully saturated rings. The SMILES string of the molecule is Cc1nc(-c2cccs2)c(CC(=O)Nc2ccc(N(C)C)cc2)s1. The molecule has 0 unspecified atom stereocenters. The third kappa shape index (κ3) is 3.83. The molecule has 0 bridgehead atoms. The van der Waals surface area contributed by atoms with Crippen molar-refractivity contribution >= 4 is 40.0 Å². The first-order valence-corrected chi connectivity index (χ1v) is 9.30. The number of nitrogens with one attached hydrogen (secondary N) is 1. The van der Waals surface area contributed by atoms with Crippen LogP contribution in [0.2, 0.25) is 0 Å². The van der Waals surface area contributed by atoms with Gasteiger partial charge in [0.1, 0.15) is 0 Å². The van der Waals surface area contributed by atoms with Gasteiger partial charge in [0, 0.05) is 30.3 Å². The second-order valence-corrected chi connectivity index (χ2v) is 7.88. The largest absolute Gasteiger partial charge is 0.378 e. The lowest BCUT2D eigenvalue weighted by molar-refractivity contribution is -0.115. The van der Waals surface area contributed by atoms with Crippen LogP contribution in [0.5, 0.6) is 0 Å². The zero-order chi connectivity index (χ0) is 17.1. The van der Waals surface area contributed by atoms with Crippen molar-refractivity contribution in [3.63, 3.8) is 0 Å². The quantitative estimate of drug-likeness (QED) is 0.735. The molecule has 2 heterocycles. The van der Waals surface area contributed by atoms with Gasteiger partial charge in [0.2, 0.25) is 5.91 Å². The number of carbonyl (C=O) groups is 1. The van der Waals surface area contributed by atoms with Gasteiger partial charge in [0.15, 0.2) is 0 Å². The van der Waals surface area contributed by atoms with Crippen molar-refractivity contribution < 1.29 is 4.79 Å². The van der Waals surface area contributed by atoms with E-state index >= 15 is 0 Å². The maximum atomic E-state index is 12.4. The fourth-order valence-corrected chi connectivity index (χ4v) is 4.14. The summed E-state index contributed by atoms with van der Waals surface area (Å²) in [5.74, 6) is -0.0194. The molecule has 3 rings (SSSR count). The van der Waals surface area contributed by atoms with Crippen LogP contribution >= 0.6 is 22.7 Å². The third-order valence-corrected chi connectivity index (χ3v) is 5.39. The Labute approximate surface area is 149 Å². The number of hydrogen-bond acceptors (Lipinski definition) is 5. The third-order valence-electron chi connectivity index (χ3n) is 3.55. The van der Waals surface area contributed by atoms with E-state index in [1.54, 1.807) is 22.7 Å². The summed E-state index contributed by atoms with van der Waals surface area (Å²) < 4.78 is 0. The van der Waals surface area contributed by atoms with E-state index in [0.717, 1.165) is 31.8 Å². The Kier molecular flexibility index (Phi) is 4.97. The van der Waals surface area contributed by atoms with Crippen LogP contribution in [0.25, 0.3) is 10.6 Å². The number of carbonyl (C=O) groups excluding carboxylic acids is 1. The number of nitrogens with zero attached hydrogens (tertiary/aromatic N) is 2. The van der Waals surface area contributed by atoms with E-state index in [2.05, 4.69) is 10.3 Å². The Morgan fingerprint density at radius 2 is 1.96 bits per heavy atom. The molecule has 2 aromatic heterocycles.